The third kappa shape index (κ3) is 7.26. The quantitative estimate of drug-likeness (QED) is 0.386. The molecule has 0 spiro atoms. The predicted molar refractivity (Wildman–Crippen MR) is 125 cm³/mol. The van der Waals surface area contributed by atoms with Crippen molar-refractivity contribution in [2.45, 2.75) is 110 Å². The van der Waals surface area contributed by atoms with Gasteiger partial charge in [0, 0.05) is 11.8 Å². The molecule has 1 saturated heterocycles. The van der Waals surface area contributed by atoms with E-state index in [1.165, 1.54) is 77.0 Å². The van der Waals surface area contributed by atoms with Crippen molar-refractivity contribution in [3.05, 3.63) is 12.2 Å². The molecule has 4 heteroatoms. The van der Waals surface area contributed by atoms with Crippen molar-refractivity contribution in [3.63, 3.8) is 0 Å². The first-order valence-corrected chi connectivity index (χ1v) is 13.8. The average molecular weight is 453 g/mol. The van der Waals surface area contributed by atoms with Gasteiger partial charge >= 0.3 is 0 Å². The van der Waals surface area contributed by atoms with Crippen molar-refractivity contribution in [3.8, 4) is 0 Å². The van der Waals surface area contributed by atoms with E-state index in [9.17, 15) is 8.78 Å². The largest absolute Gasteiger partial charge is 0.352 e. The summed E-state index contributed by atoms with van der Waals surface area (Å²) >= 11 is 0. The second kappa shape index (κ2) is 12.3. The fourth-order valence-electron chi connectivity index (χ4n) is 7.13. The van der Waals surface area contributed by atoms with Crippen molar-refractivity contribution in [2.75, 3.05) is 13.2 Å². The van der Waals surface area contributed by atoms with Gasteiger partial charge in [-0.1, -0.05) is 39.0 Å². The van der Waals surface area contributed by atoms with Crippen molar-refractivity contribution in [2.24, 2.45) is 41.4 Å². The topological polar surface area (TPSA) is 18.5 Å². The zero-order valence-electron chi connectivity index (χ0n) is 20.3. The lowest BCUT2D eigenvalue weighted by atomic mass is 9.68. The molecule has 2 nitrogen and oxygen atoms in total. The first-order chi connectivity index (χ1) is 15.6. The average Bonchev–Trinajstić information content (AvgIpc) is 2.83. The highest BCUT2D eigenvalue weighted by Gasteiger charge is 2.36. The van der Waals surface area contributed by atoms with Crippen LogP contribution in [0.5, 0.6) is 0 Å². The number of ether oxygens (including phenoxy) is 2. The summed E-state index contributed by atoms with van der Waals surface area (Å²) in [5.74, 6) is 5.16. The van der Waals surface area contributed by atoms with Gasteiger partial charge in [-0.15, -0.1) is 0 Å². The minimum atomic E-state index is -1.51. The van der Waals surface area contributed by atoms with Gasteiger partial charge in [-0.05, 0) is 99.9 Å². The molecule has 4 aliphatic rings. The Morgan fingerprint density at radius 3 is 1.75 bits per heavy atom. The van der Waals surface area contributed by atoms with Gasteiger partial charge in [0.2, 0.25) is 0 Å². The lowest BCUT2D eigenvalue weighted by Crippen LogP contribution is -2.39. The third-order valence-corrected chi connectivity index (χ3v) is 9.48. The molecular formula is C28H46F2O2. The van der Waals surface area contributed by atoms with Gasteiger partial charge in [-0.2, -0.15) is 8.78 Å². The zero-order chi connectivity index (χ0) is 22.3. The molecule has 0 aromatic heterocycles. The van der Waals surface area contributed by atoms with E-state index in [0.29, 0.717) is 24.2 Å². The first kappa shape index (κ1) is 24.6. The molecule has 184 valence electrons. The minimum absolute atomic E-state index is 0.0286. The lowest BCUT2D eigenvalue weighted by Gasteiger charge is -2.41. The lowest BCUT2D eigenvalue weighted by molar-refractivity contribution is -0.230. The Morgan fingerprint density at radius 2 is 1.16 bits per heavy atom. The van der Waals surface area contributed by atoms with Crippen LogP contribution in [0.2, 0.25) is 0 Å². The molecule has 4 rings (SSSR count). The maximum absolute atomic E-state index is 12.3. The van der Waals surface area contributed by atoms with E-state index >= 15 is 0 Å². The minimum Gasteiger partial charge on any atom is -0.352 e. The molecule has 0 aromatic rings. The van der Waals surface area contributed by atoms with Crippen LogP contribution in [0.25, 0.3) is 0 Å². The maximum atomic E-state index is 12.3. The fraction of sp³-hybridized carbons (Fsp3) is 0.929. The smallest absolute Gasteiger partial charge is 0.266 e. The summed E-state index contributed by atoms with van der Waals surface area (Å²) in [5.41, 5.74) is 0. The standard InChI is InChI=1S/C28H46F2O2/c1-20-2-4-21(5-3-20)6-7-23-18-31-28(32-19-23)26-15-13-25(14-16-26)24-11-8-22(9-12-24)10-17-27(29)30/h17,20-26,28H,2-16,18-19H2,1H3. The Kier molecular flexibility index (Phi) is 9.46. The van der Waals surface area contributed by atoms with Crippen LogP contribution in [0, 0.1) is 41.4 Å². The van der Waals surface area contributed by atoms with Crippen LogP contribution in [-0.4, -0.2) is 19.5 Å². The van der Waals surface area contributed by atoms with Crippen molar-refractivity contribution in [1.82, 2.24) is 0 Å². The van der Waals surface area contributed by atoms with E-state index < -0.39 is 6.08 Å². The predicted octanol–water partition coefficient (Wildman–Crippen LogP) is 8.37. The van der Waals surface area contributed by atoms with Crippen molar-refractivity contribution >= 4 is 0 Å². The Hall–Kier alpha value is -0.480. The van der Waals surface area contributed by atoms with Crippen LogP contribution < -0.4 is 0 Å². The second-order valence-corrected chi connectivity index (χ2v) is 11.8. The third-order valence-electron chi connectivity index (χ3n) is 9.48. The van der Waals surface area contributed by atoms with Crippen LogP contribution in [-0.2, 0) is 9.47 Å². The molecule has 4 fully saturated rings. The van der Waals surface area contributed by atoms with Gasteiger partial charge in [0.15, 0.2) is 6.29 Å². The van der Waals surface area contributed by atoms with E-state index in [0.717, 1.165) is 55.8 Å². The molecule has 0 radical (unpaired) electrons. The molecule has 0 bridgehead atoms. The molecule has 1 aliphatic heterocycles. The van der Waals surface area contributed by atoms with Gasteiger partial charge < -0.3 is 9.47 Å². The number of halogens is 2. The van der Waals surface area contributed by atoms with Gasteiger partial charge in [-0.25, -0.2) is 0 Å². The van der Waals surface area contributed by atoms with E-state index in [-0.39, 0.29) is 6.29 Å². The normalized spacial score (nSPS) is 41.2. The highest BCUT2D eigenvalue weighted by atomic mass is 19.3. The molecule has 0 amide bonds. The van der Waals surface area contributed by atoms with Gasteiger partial charge in [0.05, 0.1) is 13.2 Å². The second-order valence-electron chi connectivity index (χ2n) is 11.8. The van der Waals surface area contributed by atoms with Crippen molar-refractivity contribution in [1.29, 1.82) is 0 Å². The molecule has 3 saturated carbocycles. The number of hydrogen-bond donors (Lipinski definition) is 0. The van der Waals surface area contributed by atoms with Crippen molar-refractivity contribution < 1.29 is 18.3 Å². The Bertz CT molecular complexity index is 558. The maximum Gasteiger partial charge on any atom is 0.266 e. The number of rotatable bonds is 7. The molecule has 32 heavy (non-hydrogen) atoms. The molecule has 0 N–H and O–H groups in total. The fourth-order valence-corrected chi connectivity index (χ4v) is 7.13. The first-order valence-electron chi connectivity index (χ1n) is 13.8. The van der Waals surface area contributed by atoms with Gasteiger partial charge in [0.1, 0.15) is 0 Å². The molecule has 0 aromatic carbocycles. The Balaban J connectivity index is 1.09. The SMILES string of the molecule is CC1CCC(CCC2COC(C3CCC(C4CCC(CC=C(F)F)CC4)CC3)OC2)CC1. The van der Waals surface area contributed by atoms with E-state index in [2.05, 4.69) is 6.92 Å². The zero-order valence-corrected chi connectivity index (χ0v) is 20.3. The Morgan fingerprint density at radius 1 is 0.656 bits per heavy atom. The molecule has 0 unspecified atom stereocenters. The number of hydrogen-bond acceptors (Lipinski definition) is 2. The van der Waals surface area contributed by atoms with E-state index in [1.54, 1.807) is 0 Å². The van der Waals surface area contributed by atoms with Crippen LogP contribution >= 0.6 is 0 Å². The summed E-state index contributed by atoms with van der Waals surface area (Å²) in [6.45, 7) is 4.19. The van der Waals surface area contributed by atoms with Gasteiger partial charge in [-0.3, -0.25) is 0 Å². The van der Waals surface area contributed by atoms with Crippen LogP contribution in [0.4, 0.5) is 8.78 Å². The van der Waals surface area contributed by atoms with Crippen LogP contribution in [0.15, 0.2) is 12.2 Å². The monoisotopic (exact) mass is 452 g/mol. The van der Waals surface area contributed by atoms with Gasteiger partial charge in [0.25, 0.3) is 6.08 Å². The summed E-state index contributed by atoms with van der Waals surface area (Å²) < 4.78 is 37.2. The summed E-state index contributed by atoms with van der Waals surface area (Å²) in [6, 6.07) is 0. The summed E-state index contributed by atoms with van der Waals surface area (Å²) in [5, 5.41) is 0. The highest BCUT2D eigenvalue weighted by Crippen LogP contribution is 2.43. The Labute approximate surface area is 194 Å². The summed E-state index contributed by atoms with van der Waals surface area (Å²) in [4.78, 5) is 0. The summed E-state index contributed by atoms with van der Waals surface area (Å²) in [6.07, 6.45) is 18.3. The molecule has 0 atom stereocenters. The molecule has 1 heterocycles. The highest BCUT2D eigenvalue weighted by molar-refractivity contribution is 4.88. The van der Waals surface area contributed by atoms with E-state index in [1.807, 2.05) is 0 Å². The molecule has 3 aliphatic carbocycles. The number of allylic oxidation sites excluding steroid dienone is 1. The van der Waals surface area contributed by atoms with Crippen LogP contribution in [0.1, 0.15) is 103 Å². The van der Waals surface area contributed by atoms with Crippen LogP contribution in [0.3, 0.4) is 0 Å². The molecular weight excluding hydrogens is 406 g/mol. The summed E-state index contributed by atoms with van der Waals surface area (Å²) in [7, 11) is 0. The van der Waals surface area contributed by atoms with E-state index in [4.69, 9.17) is 9.47 Å².